The van der Waals surface area contributed by atoms with Gasteiger partial charge < -0.3 is 18.9 Å². The molecule has 0 atom stereocenters. The molecule has 2 aliphatic rings. The summed E-state index contributed by atoms with van der Waals surface area (Å²) in [7, 11) is 0. The van der Waals surface area contributed by atoms with Gasteiger partial charge in [0.05, 0.1) is 55.4 Å². The molecule has 566 valence electrons. The monoisotopic (exact) mass is 1490 g/mol. The van der Waals surface area contributed by atoms with Crippen LogP contribution < -0.4 is 26.2 Å². The smallest absolute Gasteiger partial charge is 0.252 e. The lowest BCUT2D eigenvalue weighted by Crippen LogP contribution is -2.61. The van der Waals surface area contributed by atoms with Crippen LogP contribution in [0.25, 0.3) is 99.5 Å². The van der Waals surface area contributed by atoms with Crippen LogP contribution in [0, 0.1) is 10.8 Å². The van der Waals surface area contributed by atoms with E-state index in [0.29, 0.717) is 35.6 Å². The second-order valence-corrected chi connectivity index (χ2v) is 39.2. The molecule has 0 aliphatic carbocycles. The molecule has 15 aromatic rings. The third-order valence-corrected chi connectivity index (χ3v) is 23.0. The summed E-state index contributed by atoms with van der Waals surface area (Å²) in [4.78, 5) is 4.78. The summed E-state index contributed by atoms with van der Waals surface area (Å²) in [6.07, 6.45) is 1.34. The number of anilines is 6. The normalized spacial score (nSPS) is 15.5. The van der Waals surface area contributed by atoms with E-state index < -0.39 is 109 Å². The van der Waals surface area contributed by atoms with Crippen LogP contribution in [0.4, 0.5) is 34.1 Å². The standard InChI is InChI=1S/C108H111BN4/c1-102(2,3)66-72-58-87(70-36-32-40-76(56-70)106(13,14)15)95(64-85(72)68-34-30-38-74(54-68)104(7,8)9)112-97-62-79(110-91-46-26-22-42-81(91)82-43-23-27-47-92(82)110)50-52-89(97)109-90-53-51-80(111-93-48-28-24-44-83(93)84-45-25-29-49-94(84)111)63-98(90)113(100-61-78(108(19,20)21)60-99(112)101(100)109)96-65-86(69-35-31-39-75(55-69)105(10,11)12)73(67-103(4,5)6)59-88(96)71-37-33-41-77(57-71)107(16,17)18/h22-65H,66-67H2,1-21H3/i22D,23D,24D,25D,26D,27D,28D,29D,42D,43D,44D,45D,46D,47D,48D,49D. The van der Waals surface area contributed by atoms with Crippen molar-refractivity contribution in [1.29, 1.82) is 0 Å². The van der Waals surface area contributed by atoms with Crippen LogP contribution in [-0.4, -0.2) is 15.8 Å². The molecule has 0 N–H and O–H groups in total. The highest BCUT2D eigenvalue weighted by atomic mass is 15.2. The van der Waals surface area contributed by atoms with Crippen molar-refractivity contribution in [2.75, 3.05) is 9.80 Å². The number of hydrogen-bond donors (Lipinski definition) is 0. The molecule has 0 fully saturated rings. The Morgan fingerprint density at radius 3 is 0.858 bits per heavy atom. The Balaban J connectivity index is 1.12. The molecular weight excluding hydrogens is 1360 g/mol. The van der Waals surface area contributed by atoms with Gasteiger partial charge in [-0.15, -0.1) is 0 Å². The van der Waals surface area contributed by atoms with Gasteiger partial charge in [0.1, 0.15) is 0 Å². The third kappa shape index (κ3) is 13.5. The molecule has 0 spiro atoms. The van der Waals surface area contributed by atoms with Crippen molar-refractivity contribution < 1.29 is 21.9 Å². The molecule has 4 nitrogen and oxygen atoms in total. The minimum atomic E-state index is -0.767. The van der Waals surface area contributed by atoms with E-state index in [1.807, 2.05) is 24.3 Å². The van der Waals surface area contributed by atoms with E-state index in [9.17, 15) is 21.9 Å². The van der Waals surface area contributed by atoms with Crippen molar-refractivity contribution in [3.63, 3.8) is 0 Å². The maximum atomic E-state index is 10.0. The molecule has 0 unspecified atom stereocenters. The Kier molecular flexibility index (Phi) is 13.8. The zero-order valence-electron chi connectivity index (χ0n) is 85.4. The Morgan fingerprint density at radius 1 is 0.274 bits per heavy atom. The summed E-state index contributed by atoms with van der Waals surface area (Å²) in [6.45, 7) is 46.2. The highest BCUT2D eigenvalue weighted by Crippen LogP contribution is 2.54. The quantitative estimate of drug-likeness (QED) is 0.127. The van der Waals surface area contributed by atoms with Crippen LogP contribution in [-0.2, 0) is 39.9 Å². The van der Waals surface area contributed by atoms with Gasteiger partial charge in [-0.1, -0.05) is 327 Å². The van der Waals surface area contributed by atoms with E-state index in [1.54, 1.807) is 9.13 Å². The van der Waals surface area contributed by atoms with E-state index in [2.05, 4.69) is 301 Å². The fourth-order valence-electron chi connectivity index (χ4n) is 17.2. The average Bonchev–Trinajstić information content (AvgIpc) is 1.55. The van der Waals surface area contributed by atoms with Crippen LogP contribution in [0.15, 0.2) is 267 Å². The van der Waals surface area contributed by atoms with Gasteiger partial charge in [-0.3, -0.25) is 0 Å². The van der Waals surface area contributed by atoms with Gasteiger partial charge in [0.2, 0.25) is 0 Å². The van der Waals surface area contributed by atoms with Crippen LogP contribution >= 0.6 is 0 Å². The predicted molar refractivity (Wildman–Crippen MR) is 491 cm³/mol. The topological polar surface area (TPSA) is 16.3 Å². The molecule has 0 saturated carbocycles. The molecule has 0 amide bonds. The van der Waals surface area contributed by atoms with E-state index in [4.69, 9.17) is 0 Å². The summed E-state index contributed by atoms with van der Waals surface area (Å²) in [5.74, 6) is 0. The van der Waals surface area contributed by atoms with E-state index in [1.165, 1.54) is 0 Å². The second kappa shape index (κ2) is 26.9. The average molecular weight is 1490 g/mol. The number of nitrogens with zero attached hydrogens (tertiary/aromatic N) is 4. The SMILES string of the molecule is [2H]c1c([2H])c([2H])c2c(c1[2H])c1c([2H])c([2H])c([2H])c([2H])c1n2-c1ccc2c(c1)N(c1cc(-c3cccc(C(C)(C)C)c3)c(CC(C)(C)C)cc1-c1cccc(C(C)(C)C)c1)c1cc(C(C)(C)C)cc3c1B2c1ccc(-n2c4c([2H])c([2H])c([2H])c([2H])c4c4c([2H])c([2H])c([2H])c([2H])c42)cc1N3c1cc(-c2cccc(C(C)(C)C)c2)c(CC(C)(C)C)cc1-c1cccc(C(C)(C)C)c1. The van der Waals surface area contributed by atoms with Crippen molar-refractivity contribution in [2.45, 2.75) is 185 Å². The lowest BCUT2D eigenvalue weighted by Gasteiger charge is -2.46. The maximum absolute atomic E-state index is 10.0. The minimum Gasteiger partial charge on any atom is -0.311 e. The molecule has 113 heavy (non-hydrogen) atoms. The van der Waals surface area contributed by atoms with Crippen molar-refractivity contribution in [1.82, 2.24) is 9.13 Å². The predicted octanol–water partition coefficient (Wildman–Crippen LogP) is 28.3. The summed E-state index contributed by atoms with van der Waals surface area (Å²) < 4.78 is 157. The highest BCUT2D eigenvalue weighted by Gasteiger charge is 2.46. The largest absolute Gasteiger partial charge is 0.311 e. The number of hydrogen-bond acceptors (Lipinski definition) is 2. The number of fused-ring (bicyclic) bond motifs is 10. The Bertz CT molecular complexity index is 6750. The van der Waals surface area contributed by atoms with Gasteiger partial charge in [0.15, 0.2) is 0 Å². The summed E-state index contributed by atoms with van der Waals surface area (Å²) in [6, 6.07) is 53.4. The molecule has 13 aromatic carbocycles. The Hall–Kier alpha value is -10.9. The maximum Gasteiger partial charge on any atom is 0.252 e. The molecular formula is C108H111BN4. The molecule has 2 aromatic heterocycles. The van der Waals surface area contributed by atoms with E-state index in [-0.39, 0.29) is 76.1 Å². The van der Waals surface area contributed by atoms with Gasteiger partial charge in [-0.2, -0.15) is 0 Å². The highest BCUT2D eigenvalue weighted by molar-refractivity contribution is 7.00. The fourth-order valence-corrected chi connectivity index (χ4v) is 17.2. The van der Waals surface area contributed by atoms with Crippen molar-refractivity contribution in [2.24, 2.45) is 10.8 Å². The minimum absolute atomic E-state index is 0.0388. The molecule has 4 heterocycles. The first-order chi connectivity index (χ1) is 60.1. The third-order valence-electron chi connectivity index (χ3n) is 23.0. The van der Waals surface area contributed by atoms with Crippen LogP contribution in [0.2, 0.25) is 0 Å². The number of rotatable bonds is 10. The number of benzene rings is 13. The molecule has 2 aliphatic heterocycles. The van der Waals surface area contributed by atoms with Crippen LogP contribution in [0.3, 0.4) is 0 Å². The van der Waals surface area contributed by atoms with Crippen molar-refractivity contribution in [3.8, 4) is 55.9 Å². The van der Waals surface area contributed by atoms with E-state index in [0.717, 1.165) is 123 Å². The van der Waals surface area contributed by atoms with Gasteiger partial charge in [0.25, 0.3) is 6.71 Å². The molecule has 0 radical (unpaired) electrons. The summed E-state index contributed by atoms with van der Waals surface area (Å²) in [5.41, 5.74) is 20.3. The second-order valence-electron chi connectivity index (χ2n) is 39.2. The summed E-state index contributed by atoms with van der Waals surface area (Å²) >= 11 is 0. The van der Waals surface area contributed by atoms with Crippen molar-refractivity contribution >= 4 is 101 Å². The fraction of sp³-hybridized carbons (Fsp3) is 0.278. The first-order valence-corrected chi connectivity index (χ1v) is 39.9. The van der Waals surface area contributed by atoms with E-state index >= 15 is 0 Å². The zero-order chi connectivity index (χ0) is 93.5. The zero-order valence-corrected chi connectivity index (χ0v) is 69.4. The molecule has 17 rings (SSSR count). The first-order valence-electron chi connectivity index (χ1n) is 47.9. The molecule has 5 heteroatoms. The lowest BCUT2D eigenvalue weighted by atomic mass is 9.33. The molecule has 0 bridgehead atoms. The van der Waals surface area contributed by atoms with Crippen molar-refractivity contribution in [3.05, 3.63) is 305 Å². The van der Waals surface area contributed by atoms with Crippen LogP contribution in [0.1, 0.15) is 206 Å². The van der Waals surface area contributed by atoms with Gasteiger partial charge in [-0.25, -0.2) is 0 Å². The summed E-state index contributed by atoms with van der Waals surface area (Å²) in [5, 5.41) is -0.250. The Labute approximate surface area is 695 Å². The Morgan fingerprint density at radius 2 is 0.566 bits per heavy atom. The van der Waals surface area contributed by atoms with Gasteiger partial charge in [0, 0.05) is 66.8 Å². The van der Waals surface area contributed by atoms with Gasteiger partial charge in [-0.05, 0) is 224 Å². The first kappa shape index (κ1) is 58.1. The number of aromatic nitrogens is 2. The number of para-hydroxylation sites is 4. The van der Waals surface area contributed by atoms with Crippen LogP contribution in [0.5, 0.6) is 0 Å². The molecule has 0 saturated heterocycles. The van der Waals surface area contributed by atoms with Gasteiger partial charge >= 0.3 is 0 Å². The lowest BCUT2D eigenvalue weighted by molar-refractivity contribution is 0.411.